The molecule has 6 heteroatoms. The maximum absolute atomic E-state index is 11.9. The fraction of sp³-hybridized carbons (Fsp3) is 0. The first-order chi connectivity index (χ1) is 10.9. The van der Waals surface area contributed by atoms with Gasteiger partial charge in [-0.1, -0.05) is 74.8 Å². The zero-order valence-corrected chi connectivity index (χ0v) is 14.9. The summed E-state index contributed by atoms with van der Waals surface area (Å²) < 4.78 is 0.663. The summed E-state index contributed by atoms with van der Waals surface area (Å²) in [6.07, 6.45) is 0. The van der Waals surface area contributed by atoms with E-state index in [0.717, 1.165) is 38.3 Å². The summed E-state index contributed by atoms with van der Waals surface area (Å²) in [5, 5.41) is 12.0. The zero-order chi connectivity index (χ0) is 16.7. The number of hydrogen-bond donors (Lipinski definition) is 1. The number of aromatic carboxylic acids is 1. The van der Waals surface area contributed by atoms with Gasteiger partial charge in [-0.15, -0.1) is 0 Å². The SMILES string of the molecule is Bc1c(B)c(Br)c(C(=O)O)c(-c2cccc3ccccc23)c1B. The van der Waals surface area contributed by atoms with Gasteiger partial charge in [0.05, 0.1) is 5.56 Å². The van der Waals surface area contributed by atoms with Crippen LogP contribution >= 0.6 is 15.9 Å². The van der Waals surface area contributed by atoms with E-state index in [0.29, 0.717) is 10.0 Å². The Morgan fingerprint density at radius 3 is 2.26 bits per heavy atom. The highest BCUT2D eigenvalue weighted by Crippen LogP contribution is 2.31. The number of benzene rings is 3. The van der Waals surface area contributed by atoms with Gasteiger partial charge >= 0.3 is 5.97 Å². The normalized spacial score (nSPS) is 10.8. The summed E-state index contributed by atoms with van der Waals surface area (Å²) in [7, 11) is 5.99. The van der Waals surface area contributed by atoms with Crippen LogP contribution < -0.4 is 16.4 Å². The van der Waals surface area contributed by atoms with Gasteiger partial charge in [0.2, 0.25) is 0 Å². The monoisotopic (exact) mass is 362 g/mol. The first-order valence-corrected chi connectivity index (χ1v) is 8.23. The lowest BCUT2D eigenvalue weighted by Gasteiger charge is -2.20. The minimum absolute atomic E-state index is 0.335. The molecular weight excluding hydrogens is 349 g/mol. The zero-order valence-electron chi connectivity index (χ0n) is 13.3. The first kappa shape index (κ1) is 15.9. The molecule has 3 rings (SSSR count). The molecule has 2 nitrogen and oxygen atoms in total. The van der Waals surface area contributed by atoms with Gasteiger partial charge in [-0.05, 0) is 21.9 Å². The Hall–Kier alpha value is -1.94. The molecule has 0 spiro atoms. The predicted molar refractivity (Wildman–Crippen MR) is 109 cm³/mol. The van der Waals surface area contributed by atoms with Crippen molar-refractivity contribution in [3.05, 3.63) is 52.5 Å². The van der Waals surface area contributed by atoms with Crippen LogP contribution in [0.25, 0.3) is 21.9 Å². The van der Waals surface area contributed by atoms with E-state index in [9.17, 15) is 9.90 Å². The molecule has 3 aromatic rings. The van der Waals surface area contributed by atoms with Crippen molar-refractivity contribution in [3.63, 3.8) is 0 Å². The van der Waals surface area contributed by atoms with Crippen LogP contribution in [-0.4, -0.2) is 34.6 Å². The Labute approximate surface area is 146 Å². The molecule has 0 saturated carbocycles. The summed E-state index contributed by atoms with van der Waals surface area (Å²) in [6, 6.07) is 14.1. The van der Waals surface area contributed by atoms with Crippen LogP contribution in [0.15, 0.2) is 46.9 Å². The number of carbonyl (C=O) groups is 1. The Kier molecular flexibility index (Phi) is 4.11. The fourth-order valence-corrected chi connectivity index (χ4v) is 3.76. The minimum atomic E-state index is -0.911. The third kappa shape index (κ3) is 2.51. The molecule has 0 aliphatic rings. The van der Waals surface area contributed by atoms with E-state index in [2.05, 4.69) is 15.9 Å². The summed E-state index contributed by atoms with van der Waals surface area (Å²) in [4.78, 5) is 11.9. The molecule has 0 saturated heterocycles. The predicted octanol–water partition coefficient (Wildman–Crippen LogP) is -0.257. The maximum Gasteiger partial charge on any atom is 0.337 e. The van der Waals surface area contributed by atoms with E-state index in [-0.39, 0.29) is 0 Å². The molecule has 0 aliphatic heterocycles. The van der Waals surface area contributed by atoms with Gasteiger partial charge in [0, 0.05) is 4.47 Å². The van der Waals surface area contributed by atoms with Gasteiger partial charge < -0.3 is 5.11 Å². The van der Waals surface area contributed by atoms with Gasteiger partial charge in [0.15, 0.2) is 0 Å². The van der Waals surface area contributed by atoms with Gasteiger partial charge in [-0.25, -0.2) is 4.79 Å². The molecule has 0 amide bonds. The van der Waals surface area contributed by atoms with E-state index < -0.39 is 5.97 Å². The molecular formula is C17H14B3BrO2. The molecule has 23 heavy (non-hydrogen) atoms. The summed E-state index contributed by atoms with van der Waals surface area (Å²) in [5.74, 6) is -0.911. The topological polar surface area (TPSA) is 37.3 Å². The molecule has 0 heterocycles. The number of halogens is 1. The van der Waals surface area contributed by atoms with Crippen molar-refractivity contribution in [2.24, 2.45) is 0 Å². The minimum Gasteiger partial charge on any atom is -0.478 e. The quantitative estimate of drug-likeness (QED) is 0.638. The van der Waals surface area contributed by atoms with Crippen molar-refractivity contribution >= 4 is 72.6 Å². The Balaban J connectivity index is 2.51. The lowest BCUT2D eigenvalue weighted by Crippen LogP contribution is -2.42. The summed E-state index contributed by atoms with van der Waals surface area (Å²) in [5.41, 5.74) is 5.20. The second-order valence-corrected chi connectivity index (χ2v) is 6.56. The van der Waals surface area contributed by atoms with Gasteiger partial charge in [-0.2, -0.15) is 0 Å². The molecule has 1 N–H and O–H groups in total. The van der Waals surface area contributed by atoms with Crippen LogP contribution in [0.2, 0.25) is 0 Å². The standard InChI is InChI=1S/C17H14B3BrO2/c18-13-11(12(17(22)23)16(21)15(20)14(13)19)10-7-3-5-8-4-1-2-6-9(8)10/h1-7H,18-20H2,(H,22,23). The van der Waals surface area contributed by atoms with Crippen LogP contribution in [0.4, 0.5) is 0 Å². The van der Waals surface area contributed by atoms with E-state index >= 15 is 0 Å². The Bertz CT molecular complexity index is 949. The van der Waals surface area contributed by atoms with Crippen LogP contribution in [0.5, 0.6) is 0 Å². The molecule has 0 aliphatic carbocycles. The third-order valence-corrected chi connectivity index (χ3v) is 5.56. The van der Waals surface area contributed by atoms with Crippen molar-refractivity contribution in [3.8, 4) is 11.1 Å². The molecule has 0 radical (unpaired) electrons. The number of carboxylic acids is 1. The van der Waals surface area contributed by atoms with Gasteiger partial charge in [0.1, 0.15) is 23.5 Å². The molecule has 110 valence electrons. The molecule has 0 unspecified atom stereocenters. The first-order valence-electron chi connectivity index (χ1n) is 7.44. The highest BCUT2D eigenvalue weighted by atomic mass is 79.9. The van der Waals surface area contributed by atoms with Crippen molar-refractivity contribution in [1.29, 1.82) is 0 Å². The lowest BCUT2D eigenvalue weighted by molar-refractivity contribution is 0.0697. The average molecular weight is 363 g/mol. The summed E-state index contributed by atoms with van der Waals surface area (Å²) >= 11 is 3.50. The molecule has 3 aromatic carbocycles. The second kappa shape index (κ2) is 5.93. The maximum atomic E-state index is 11.9. The van der Waals surface area contributed by atoms with Gasteiger partial charge in [0.25, 0.3) is 0 Å². The number of carboxylic acid groups (broad SMARTS) is 1. The fourth-order valence-electron chi connectivity index (χ4n) is 3.10. The largest absolute Gasteiger partial charge is 0.478 e. The summed E-state index contributed by atoms with van der Waals surface area (Å²) in [6.45, 7) is 0. The second-order valence-electron chi connectivity index (χ2n) is 5.77. The van der Waals surface area contributed by atoms with E-state index in [1.54, 1.807) is 0 Å². The smallest absolute Gasteiger partial charge is 0.337 e. The van der Waals surface area contributed by atoms with Crippen molar-refractivity contribution in [2.45, 2.75) is 0 Å². The lowest BCUT2D eigenvalue weighted by atomic mass is 9.68. The van der Waals surface area contributed by atoms with Crippen LogP contribution in [0.3, 0.4) is 0 Å². The van der Waals surface area contributed by atoms with E-state index in [1.165, 1.54) is 0 Å². The van der Waals surface area contributed by atoms with Crippen LogP contribution in [0, 0.1) is 0 Å². The Morgan fingerprint density at radius 2 is 1.57 bits per heavy atom. The molecule has 0 aromatic heterocycles. The number of hydrogen-bond acceptors (Lipinski definition) is 1. The molecule has 0 atom stereocenters. The van der Waals surface area contributed by atoms with Crippen LogP contribution in [0.1, 0.15) is 10.4 Å². The number of rotatable bonds is 2. The highest BCUT2D eigenvalue weighted by molar-refractivity contribution is 9.10. The third-order valence-electron chi connectivity index (χ3n) is 4.57. The van der Waals surface area contributed by atoms with E-state index in [1.807, 2.05) is 66.0 Å². The van der Waals surface area contributed by atoms with Gasteiger partial charge in [-0.3, -0.25) is 0 Å². The number of fused-ring (bicyclic) bond motifs is 1. The van der Waals surface area contributed by atoms with Crippen molar-refractivity contribution in [2.75, 3.05) is 0 Å². The molecule has 0 bridgehead atoms. The van der Waals surface area contributed by atoms with Crippen molar-refractivity contribution in [1.82, 2.24) is 0 Å². The van der Waals surface area contributed by atoms with Crippen LogP contribution in [-0.2, 0) is 0 Å². The molecule has 0 fully saturated rings. The highest BCUT2D eigenvalue weighted by Gasteiger charge is 2.22. The Morgan fingerprint density at radius 1 is 0.913 bits per heavy atom. The van der Waals surface area contributed by atoms with E-state index in [4.69, 9.17) is 0 Å². The average Bonchev–Trinajstić information content (AvgIpc) is 2.55. The van der Waals surface area contributed by atoms with Crippen molar-refractivity contribution < 1.29 is 9.90 Å².